The molecule has 1 aromatic carbocycles. The Labute approximate surface area is 125 Å². The first-order valence-corrected chi connectivity index (χ1v) is 8.34. The van der Waals surface area contributed by atoms with Gasteiger partial charge in [-0.3, -0.25) is 0 Å². The summed E-state index contributed by atoms with van der Waals surface area (Å²) in [4.78, 5) is 0. The van der Waals surface area contributed by atoms with Gasteiger partial charge in [-0.1, -0.05) is 56.9 Å². The first-order chi connectivity index (χ1) is 9.55. The third kappa shape index (κ3) is 3.63. The Morgan fingerprint density at radius 3 is 2.50 bits per heavy atom. The van der Waals surface area contributed by atoms with E-state index in [1.807, 2.05) is 0 Å². The van der Waals surface area contributed by atoms with Gasteiger partial charge in [-0.05, 0) is 56.2 Å². The highest BCUT2D eigenvalue weighted by Crippen LogP contribution is 2.40. The predicted molar refractivity (Wildman–Crippen MR) is 88.3 cm³/mol. The molecule has 0 bridgehead atoms. The Hall–Kier alpha value is -0.820. The molecular formula is C19H31N. The zero-order chi connectivity index (χ0) is 14.6. The minimum atomic E-state index is 0.477. The summed E-state index contributed by atoms with van der Waals surface area (Å²) < 4.78 is 0. The van der Waals surface area contributed by atoms with Gasteiger partial charge in [0.05, 0.1) is 0 Å². The second-order valence-corrected chi connectivity index (χ2v) is 6.96. The molecule has 0 radical (unpaired) electrons. The molecule has 20 heavy (non-hydrogen) atoms. The van der Waals surface area contributed by atoms with Crippen LogP contribution in [0.5, 0.6) is 0 Å². The zero-order valence-corrected chi connectivity index (χ0v) is 13.8. The highest BCUT2D eigenvalue weighted by molar-refractivity contribution is 5.31. The molecule has 0 spiro atoms. The van der Waals surface area contributed by atoms with Crippen molar-refractivity contribution in [1.29, 1.82) is 0 Å². The first kappa shape index (κ1) is 15.6. The number of rotatable bonds is 5. The summed E-state index contributed by atoms with van der Waals surface area (Å²) in [6, 6.07) is 7.50. The van der Waals surface area contributed by atoms with Crippen LogP contribution in [-0.2, 0) is 6.42 Å². The normalized spacial score (nSPS) is 19.8. The fraction of sp³-hybridized carbons (Fsp3) is 0.684. The standard InChI is InChI=1S/C19H31N/c1-5-20-18(19(4)11-7-6-8-12-19)14-17-13-15(2)9-10-16(17)3/h9-10,13,18,20H,5-8,11-12,14H2,1-4H3. The number of hydrogen-bond acceptors (Lipinski definition) is 1. The van der Waals surface area contributed by atoms with E-state index in [1.165, 1.54) is 55.2 Å². The molecule has 1 atom stereocenters. The van der Waals surface area contributed by atoms with Crippen molar-refractivity contribution in [3.63, 3.8) is 0 Å². The summed E-state index contributed by atoms with van der Waals surface area (Å²) in [7, 11) is 0. The van der Waals surface area contributed by atoms with Gasteiger partial charge < -0.3 is 5.32 Å². The SMILES string of the molecule is CCNC(Cc1cc(C)ccc1C)C1(C)CCCCC1. The fourth-order valence-corrected chi connectivity index (χ4v) is 3.76. The summed E-state index contributed by atoms with van der Waals surface area (Å²) >= 11 is 0. The molecule has 1 saturated carbocycles. The van der Waals surface area contributed by atoms with Gasteiger partial charge >= 0.3 is 0 Å². The van der Waals surface area contributed by atoms with Gasteiger partial charge in [-0.2, -0.15) is 0 Å². The summed E-state index contributed by atoms with van der Waals surface area (Å²) in [5, 5.41) is 3.79. The van der Waals surface area contributed by atoms with Crippen molar-refractivity contribution in [2.75, 3.05) is 6.54 Å². The molecule has 1 aromatic rings. The molecule has 1 heteroatoms. The summed E-state index contributed by atoms with van der Waals surface area (Å²) in [5.41, 5.74) is 4.83. The van der Waals surface area contributed by atoms with E-state index in [9.17, 15) is 0 Å². The van der Waals surface area contributed by atoms with Crippen molar-refractivity contribution < 1.29 is 0 Å². The molecular weight excluding hydrogens is 242 g/mol. The van der Waals surface area contributed by atoms with E-state index < -0.39 is 0 Å². The quantitative estimate of drug-likeness (QED) is 0.813. The molecule has 1 aliphatic rings. The Kier molecular flexibility index (Phi) is 5.26. The molecule has 1 aliphatic carbocycles. The lowest BCUT2D eigenvalue weighted by molar-refractivity contribution is 0.144. The van der Waals surface area contributed by atoms with Crippen molar-refractivity contribution in [3.8, 4) is 0 Å². The van der Waals surface area contributed by atoms with Crippen LogP contribution < -0.4 is 5.32 Å². The van der Waals surface area contributed by atoms with Crippen LogP contribution in [0, 0.1) is 19.3 Å². The van der Waals surface area contributed by atoms with Gasteiger partial charge in [-0.15, -0.1) is 0 Å². The Bertz CT molecular complexity index is 429. The number of likely N-dealkylation sites (N-methyl/N-ethyl adjacent to an activating group) is 1. The maximum atomic E-state index is 3.79. The molecule has 112 valence electrons. The van der Waals surface area contributed by atoms with Gasteiger partial charge in [0.1, 0.15) is 0 Å². The molecule has 0 aliphatic heterocycles. The topological polar surface area (TPSA) is 12.0 Å². The molecule has 0 heterocycles. The van der Waals surface area contributed by atoms with Gasteiger partial charge in [0.15, 0.2) is 0 Å². The van der Waals surface area contributed by atoms with Gasteiger partial charge in [0, 0.05) is 6.04 Å². The van der Waals surface area contributed by atoms with E-state index in [0.717, 1.165) is 6.54 Å². The minimum Gasteiger partial charge on any atom is -0.313 e. The summed E-state index contributed by atoms with van der Waals surface area (Å²) in [6.07, 6.45) is 8.19. The summed E-state index contributed by atoms with van der Waals surface area (Å²) in [6.45, 7) is 10.3. The number of aryl methyl sites for hydroxylation is 2. The van der Waals surface area contributed by atoms with Crippen LogP contribution in [0.3, 0.4) is 0 Å². The minimum absolute atomic E-state index is 0.477. The summed E-state index contributed by atoms with van der Waals surface area (Å²) in [5.74, 6) is 0. The monoisotopic (exact) mass is 273 g/mol. The number of hydrogen-bond donors (Lipinski definition) is 1. The Morgan fingerprint density at radius 2 is 1.85 bits per heavy atom. The average molecular weight is 273 g/mol. The van der Waals surface area contributed by atoms with E-state index in [4.69, 9.17) is 0 Å². The highest BCUT2D eigenvalue weighted by Gasteiger charge is 2.35. The number of benzene rings is 1. The lowest BCUT2D eigenvalue weighted by Gasteiger charge is -2.41. The maximum absolute atomic E-state index is 3.79. The maximum Gasteiger partial charge on any atom is 0.0161 e. The smallest absolute Gasteiger partial charge is 0.0161 e. The van der Waals surface area contributed by atoms with Gasteiger partial charge in [-0.25, -0.2) is 0 Å². The van der Waals surface area contributed by atoms with Crippen molar-refractivity contribution in [1.82, 2.24) is 5.32 Å². The largest absolute Gasteiger partial charge is 0.313 e. The predicted octanol–water partition coefficient (Wildman–Crippen LogP) is 4.79. The van der Waals surface area contributed by atoms with Crippen LogP contribution in [0.2, 0.25) is 0 Å². The van der Waals surface area contributed by atoms with Crippen molar-refractivity contribution in [3.05, 3.63) is 34.9 Å². The van der Waals surface area contributed by atoms with E-state index in [1.54, 1.807) is 0 Å². The van der Waals surface area contributed by atoms with Crippen LogP contribution >= 0.6 is 0 Å². The van der Waals surface area contributed by atoms with E-state index in [2.05, 4.69) is 51.2 Å². The van der Waals surface area contributed by atoms with Crippen LogP contribution in [-0.4, -0.2) is 12.6 Å². The van der Waals surface area contributed by atoms with Crippen LogP contribution in [0.1, 0.15) is 62.6 Å². The Morgan fingerprint density at radius 1 is 1.15 bits per heavy atom. The van der Waals surface area contributed by atoms with Crippen LogP contribution in [0.25, 0.3) is 0 Å². The third-order valence-corrected chi connectivity index (χ3v) is 5.22. The van der Waals surface area contributed by atoms with Crippen molar-refractivity contribution in [2.45, 2.75) is 72.3 Å². The third-order valence-electron chi connectivity index (χ3n) is 5.22. The van der Waals surface area contributed by atoms with Gasteiger partial charge in [0.25, 0.3) is 0 Å². The van der Waals surface area contributed by atoms with E-state index >= 15 is 0 Å². The Balaban J connectivity index is 2.18. The lowest BCUT2D eigenvalue weighted by Crippen LogP contribution is -2.46. The highest BCUT2D eigenvalue weighted by atomic mass is 14.9. The fourth-order valence-electron chi connectivity index (χ4n) is 3.76. The van der Waals surface area contributed by atoms with Gasteiger partial charge in [0.2, 0.25) is 0 Å². The van der Waals surface area contributed by atoms with Crippen molar-refractivity contribution >= 4 is 0 Å². The average Bonchev–Trinajstić information content (AvgIpc) is 2.43. The molecule has 1 nitrogen and oxygen atoms in total. The lowest BCUT2D eigenvalue weighted by atomic mass is 9.69. The van der Waals surface area contributed by atoms with E-state index in [-0.39, 0.29) is 0 Å². The second kappa shape index (κ2) is 6.76. The molecule has 0 aromatic heterocycles. The molecule has 1 unspecified atom stereocenters. The molecule has 0 saturated heterocycles. The molecule has 1 N–H and O–H groups in total. The zero-order valence-electron chi connectivity index (χ0n) is 13.8. The number of nitrogens with one attached hydrogen (secondary N) is 1. The first-order valence-electron chi connectivity index (χ1n) is 8.34. The molecule has 0 amide bonds. The van der Waals surface area contributed by atoms with E-state index in [0.29, 0.717) is 11.5 Å². The molecule has 2 rings (SSSR count). The van der Waals surface area contributed by atoms with Crippen LogP contribution in [0.15, 0.2) is 18.2 Å². The van der Waals surface area contributed by atoms with Crippen LogP contribution in [0.4, 0.5) is 0 Å². The molecule has 1 fully saturated rings. The second-order valence-electron chi connectivity index (χ2n) is 6.96. The van der Waals surface area contributed by atoms with Crippen molar-refractivity contribution in [2.24, 2.45) is 5.41 Å².